The van der Waals surface area contributed by atoms with Crippen LogP contribution in [-0.2, 0) is 14.4 Å². The molecular formula is C14H16N2O6. The van der Waals surface area contributed by atoms with Crippen molar-refractivity contribution in [3.63, 3.8) is 0 Å². The number of likely N-dealkylation sites (N-methyl/N-ethyl adjacent to an activating group) is 1. The van der Waals surface area contributed by atoms with E-state index in [0.29, 0.717) is 11.3 Å². The highest BCUT2D eigenvalue weighted by Gasteiger charge is 2.38. The van der Waals surface area contributed by atoms with Crippen LogP contribution in [0, 0.1) is 0 Å². The van der Waals surface area contributed by atoms with Crippen LogP contribution < -0.4 is 10.1 Å². The molecule has 0 fully saturated rings. The molecule has 8 nitrogen and oxygen atoms in total. The van der Waals surface area contributed by atoms with E-state index in [1.54, 1.807) is 24.3 Å². The third kappa shape index (κ3) is 2.96. The molecule has 8 heteroatoms. The smallest absolute Gasteiger partial charge is 0.333 e. The monoisotopic (exact) mass is 308 g/mol. The molecule has 0 radical (unpaired) electrons. The fraction of sp³-hybridized carbons (Fsp3) is 0.286. The van der Waals surface area contributed by atoms with E-state index in [-0.39, 0.29) is 0 Å². The lowest BCUT2D eigenvalue weighted by Crippen LogP contribution is -2.37. The number of hydrogen-bond donors (Lipinski definition) is 3. The second-order valence-corrected chi connectivity index (χ2v) is 4.50. The van der Waals surface area contributed by atoms with Crippen molar-refractivity contribution in [2.24, 2.45) is 0 Å². The van der Waals surface area contributed by atoms with Gasteiger partial charge in [0, 0.05) is 13.1 Å². The first-order valence-electron chi connectivity index (χ1n) is 6.43. The highest BCUT2D eigenvalue weighted by Crippen LogP contribution is 2.30. The molecular weight excluding hydrogens is 292 g/mol. The van der Waals surface area contributed by atoms with Crippen molar-refractivity contribution in [3.8, 4) is 5.75 Å². The minimum Gasteiger partial charge on any atom is -0.497 e. The standard InChI is InChI=1S/C14H16N2O6/c1-15-13(18)10-7-11(17)16(22-10)12(14(19)20)8-3-5-9(21-2)6-4-8/h3-7,10,12,17H,1-2H3,(H,15,18)(H,19,20). The number of aliphatic hydroxyl groups excluding tert-OH is 1. The summed E-state index contributed by atoms with van der Waals surface area (Å²) >= 11 is 0. The molecule has 0 aromatic heterocycles. The van der Waals surface area contributed by atoms with Crippen molar-refractivity contribution in [1.29, 1.82) is 0 Å². The topological polar surface area (TPSA) is 108 Å². The molecule has 1 heterocycles. The summed E-state index contributed by atoms with van der Waals surface area (Å²) in [6, 6.07) is 4.98. The summed E-state index contributed by atoms with van der Waals surface area (Å²) in [5.41, 5.74) is 0.366. The largest absolute Gasteiger partial charge is 0.497 e. The van der Waals surface area contributed by atoms with Crippen LogP contribution >= 0.6 is 0 Å². The fourth-order valence-corrected chi connectivity index (χ4v) is 2.04. The molecule has 118 valence electrons. The van der Waals surface area contributed by atoms with Crippen LogP contribution in [0.4, 0.5) is 0 Å². The summed E-state index contributed by atoms with van der Waals surface area (Å²) in [5, 5.41) is 22.5. The second-order valence-electron chi connectivity index (χ2n) is 4.50. The molecule has 0 bridgehead atoms. The van der Waals surface area contributed by atoms with Gasteiger partial charge in [0.2, 0.25) is 5.88 Å². The number of methoxy groups -OCH3 is 1. The number of aliphatic hydroxyl groups is 1. The van der Waals surface area contributed by atoms with Gasteiger partial charge in [-0.2, -0.15) is 0 Å². The second kappa shape index (κ2) is 6.35. The van der Waals surface area contributed by atoms with E-state index in [1.807, 2.05) is 0 Å². The van der Waals surface area contributed by atoms with Crippen molar-refractivity contribution in [3.05, 3.63) is 41.8 Å². The third-order valence-corrected chi connectivity index (χ3v) is 3.16. The number of carboxylic acids is 1. The summed E-state index contributed by atoms with van der Waals surface area (Å²) in [6.07, 6.45) is 0.0586. The molecule has 3 N–H and O–H groups in total. The van der Waals surface area contributed by atoms with Crippen LogP contribution in [0.25, 0.3) is 0 Å². The Hall–Kier alpha value is -2.74. The highest BCUT2D eigenvalue weighted by atomic mass is 16.7. The van der Waals surface area contributed by atoms with E-state index in [1.165, 1.54) is 14.2 Å². The Morgan fingerprint density at radius 3 is 2.50 bits per heavy atom. The van der Waals surface area contributed by atoms with Crippen LogP contribution in [0.15, 0.2) is 36.2 Å². The average Bonchev–Trinajstić information content (AvgIpc) is 2.89. The zero-order valence-electron chi connectivity index (χ0n) is 12.0. The zero-order valence-corrected chi connectivity index (χ0v) is 12.0. The van der Waals surface area contributed by atoms with Crippen molar-refractivity contribution < 1.29 is 29.4 Å². The number of nitrogens with zero attached hydrogens (tertiary/aromatic N) is 1. The average molecular weight is 308 g/mol. The van der Waals surface area contributed by atoms with Gasteiger partial charge in [0.15, 0.2) is 12.1 Å². The molecule has 22 heavy (non-hydrogen) atoms. The number of hydroxylamine groups is 2. The molecule has 2 unspecified atom stereocenters. The Bertz CT molecular complexity index is 598. The number of hydrogen-bond acceptors (Lipinski definition) is 6. The van der Waals surface area contributed by atoms with Gasteiger partial charge >= 0.3 is 5.97 Å². The molecule has 0 saturated carbocycles. The summed E-state index contributed by atoms with van der Waals surface area (Å²) in [4.78, 5) is 28.3. The summed E-state index contributed by atoms with van der Waals surface area (Å²) in [7, 11) is 2.91. The van der Waals surface area contributed by atoms with Crippen molar-refractivity contribution >= 4 is 11.9 Å². The Kier molecular flexibility index (Phi) is 4.52. The SMILES string of the molecule is CNC(=O)C1C=C(O)N(C(C(=O)O)c2ccc(OC)cc2)O1. The predicted molar refractivity (Wildman–Crippen MR) is 74.9 cm³/mol. The van der Waals surface area contributed by atoms with Crippen molar-refractivity contribution in [2.75, 3.05) is 14.2 Å². The number of amides is 1. The number of nitrogens with one attached hydrogen (secondary N) is 1. The van der Waals surface area contributed by atoms with Gasteiger partial charge in [-0.1, -0.05) is 12.1 Å². The van der Waals surface area contributed by atoms with Gasteiger partial charge in [-0.25, -0.2) is 9.86 Å². The van der Waals surface area contributed by atoms with Crippen LogP contribution in [0.3, 0.4) is 0 Å². The molecule has 0 aliphatic carbocycles. The summed E-state index contributed by atoms with van der Waals surface area (Å²) < 4.78 is 5.01. The maximum absolute atomic E-state index is 11.5. The van der Waals surface area contributed by atoms with Crippen LogP contribution in [0.5, 0.6) is 5.75 Å². The van der Waals surface area contributed by atoms with Gasteiger partial charge in [-0.05, 0) is 17.7 Å². The van der Waals surface area contributed by atoms with E-state index in [2.05, 4.69) is 5.32 Å². The van der Waals surface area contributed by atoms with Crippen LogP contribution in [-0.4, -0.2) is 47.4 Å². The quantitative estimate of drug-likeness (QED) is 0.730. The van der Waals surface area contributed by atoms with Gasteiger partial charge in [-0.15, -0.1) is 0 Å². The molecule has 1 aromatic rings. The van der Waals surface area contributed by atoms with E-state index >= 15 is 0 Å². The van der Waals surface area contributed by atoms with Gasteiger partial charge in [-0.3, -0.25) is 9.63 Å². The number of ether oxygens (including phenoxy) is 1. The van der Waals surface area contributed by atoms with E-state index < -0.39 is 29.9 Å². The number of benzene rings is 1. The van der Waals surface area contributed by atoms with Crippen molar-refractivity contribution in [1.82, 2.24) is 10.4 Å². The molecule has 2 rings (SSSR count). The number of carboxylic acid groups (broad SMARTS) is 1. The first-order chi connectivity index (χ1) is 10.5. The lowest BCUT2D eigenvalue weighted by Gasteiger charge is -2.25. The van der Waals surface area contributed by atoms with Crippen LogP contribution in [0.1, 0.15) is 11.6 Å². The van der Waals surface area contributed by atoms with Gasteiger partial charge in [0.05, 0.1) is 7.11 Å². The molecule has 1 aromatic carbocycles. The zero-order chi connectivity index (χ0) is 16.3. The van der Waals surface area contributed by atoms with E-state index in [9.17, 15) is 19.8 Å². The van der Waals surface area contributed by atoms with E-state index in [0.717, 1.165) is 11.1 Å². The minimum atomic E-state index is -1.29. The lowest BCUT2D eigenvalue weighted by atomic mass is 10.1. The summed E-state index contributed by atoms with van der Waals surface area (Å²) in [5.74, 6) is -1.59. The highest BCUT2D eigenvalue weighted by molar-refractivity contribution is 5.83. The number of aliphatic carboxylic acids is 1. The van der Waals surface area contributed by atoms with Gasteiger partial charge in [0.1, 0.15) is 5.75 Å². The number of carbonyl (C=O) groups excluding carboxylic acids is 1. The third-order valence-electron chi connectivity index (χ3n) is 3.16. The Balaban J connectivity index is 2.27. The van der Waals surface area contributed by atoms with Gasteiger partial charge < -0.3 is 20.3 Å². The Morgan fingerprint density at radius 2 is 2.00 bits per heavy atom. The van der Waals surface area contributed by atoms with Crippen LogP contribution in [0.2, 0.25) is 0 Å². The molecule has 0 saturated heterocycles. The number of rotatable bonds is 5. The summed E-state index contributed by atoms with van der Waals surface area (Å²) in [6.45, 7) is 0. The maximum Gasteiger partial charge on any atom is 0.333 e. The lowest BCUT2D eigenvalue weighted by molar-refractivity contribution is -0.199. The normalized spacial score (nSPS) is 18.5. The number of carbonyl (C=O) groups is 2. The van der Waals surface area contributed by atoms with E-state index in [4.69, 9.17) is 9.57 Å². The van der Waals surface area contributed by atoms with Gasteiger partial charge in [0.25, 0.3) is 5.91 Å². The first kappa shape index (κ1) is 15.6. The minimum absolute atomic E-state index is 0.366. The Labute approximate surface area is 126 Å². The first-order valence-corrected chi connectivity index (χ1v) is 6.43. The molecule has 0 spiro atoms. The molecule has 1 aliphatic heterocycles. The molecule has 1 amide bonds. The van der Waals surface area contributed by atoms with Crippen molar-refractivity contribution in [2.45, 2.75) is 12.1 Å². The molecule has 1 aliphatic rings. The fourth-order valence-electron chi connectivity index (χ4n) is 2.04. The Morgan fingerprint density at radius 1 is 1.36 bits per heavy atom. The predicted octanol–water partition coefficient (Wildman–Crippen LogP) is 0.582. The molecule has 2 atom stereocenters. The maximum atomic E-state index is 11.5.